The van der Waals surface area contributed by atoms with E-state index in [1.165, 1.54) is 19.1 Å². The van der Waals surface area contributed by atoms with E-state index in [0.717, 1.165) is 42.4 Å². The number of fused-ring (bicyclic) bond motifs is 2. The van der Waals surface area contributed by atoms with Crippen molar-refractivity contribution in [1.29, 1.82) is 0 Å². The van der Waals surface area contributed by atoms with Crippen molar-refractivity contribution in [2.45, 2.75) is 69.2 Å². The molecule has 0 spiro atoms. The van der Waals surface area contributed by atoms with E-state index >= 15 is 0 Å². The second kappa shape index (κ2) is 17.7. The Morgan fingerprint density at radius 1 is 1.08 bits per heavy atom. The predicted molar refractivity (Wildman–Crippen MR) is 191 cm³/mol. The van der Waals surface area contributed by atoms with Gasteiger partial charge in [-0.1, -0.05) is 60.5 Å². The van der Waals surface area contributed by atoms with Crippen LogP contribution in [0.3, 0.4) is 0 Å². The van der Waals surface area contributed by atoms with Gasteiger partial charge in [-0.15, -0.1) is 6.58 Å². The van der Waals surface area contributed by atoms with Crippen molar-refractivity contribution in [3.8, 4) is 11.5 Å². The van der Waals surface area contributed by atoms with Gasteiger partial charge in [0.1, 0.15) is 24.7 Å². The molecule has 3 N–H and O–H groups in total. The number of carbonyl (C=O) groups excluding carboxylic acids is 2. The molecule has 1 fully saturated rings. The number of likely N-dealkylation sites (N-methyl/N-ethyl adjacent to an activating group) is 1. The fourth-order valence-electron chi connectivity index (χ4n) is 8.09. The molecule has 1 aliphatic heterocycles. The third kappa shape index (κ3) is 8.24. The van der Waals surface area contributed by atoms with Crippen molar-refractivity contribution in [3.63, 3.8) is 0 Å². The number of aliphatic hydroxyl groups excluding tert-OH is 2. The molecular formula is C39H51N3O9. The zero-order valence-electron chi connectivity index (χ0n) is 29.8. The Kier molecular flexibility index (Phi) is 13.1. The molecule has 0 aromatic heterocycles. The Bertz CT molecular complexity index is 1560. The number of rotatable bonds is 16. The second-order valence-corrected chi connectivity index (χ2v) is 13.3. The first-order valence-corrected chi connectivity index (χ1v) is 17.7. The summed E-state index contributed by atoms with van der Waals surface area (Å²) in [4.78, 5) is 33.1. The fourth-order valence-corrected chi connectivity index (χ4v) is 8.09. The molecule has 2 aliphatic carbocycles. The molecule has 0 saturated heterocycles. The first-order valence-electron chi connectivity index (χ1n) is 17.7. The lowest BCUT2D eigenvalue weighted by Gasteiger charge is -2.59. The summed E-state index contributed by atoms with van der Waals surface area (Å²) in [6.45, 7) is 4.55. The molecule has 276 valence electrons. The Labute approximate surface area is 300 Å². The maximum absolute atomic E-state index is 13.2. The van der Waals surface area contributed by atoms with Gasteiger partial charge in [0, 0.05) is 44.7 Å². The summed E-state index contributed by atoms with van der Waals surface area (Å²) >= 11 is 0. The molecule has 0 radical (unpaired) electrons. The van der Waals surface area contributed by atoms with Crippen LogP contribution in [0, 0.1) is 17.8 Å². The van der Waals surface area contributed by atoms with Crippen molar-refractivity contribution in [2.24, 2.45) is 22.9 Å². The molecule has 51 heavy (non-hydrogen) atoms. The van der Waals surface area contributed by atoms with Crippen LogP contribution in [-0.2, 0) is 20.9 Å². The van der Waals surface area contributed by atoms with Gasteiger partial charge in [-0.25, -0.2) is 9.59 Å². The van der Waals surface area contributed by atoms with Gasteiger partial charge in [-0.3, -0.25) is 0 Å². The fraction of sp³-hybridized carbons (Fsp3) is 0.513. The summed E-state index contributed by atoms with van der Waals surface area (Å²) in [6.07, 6.45) is 7.54. The zero-order valence-corrected chi connectivity index (χ0v) is 29.8. The molecule has 0 bridgehead atoms. The smallest absolute Gasteiger partial charge is 0.412 e. The van der Waals surface area contributed by atoms with Crippen molar-refractivity contribution < 1.29 is 43.6 Å². The maximum atomic E-state index is 13.2. The first-order chi connectivity index (χ1) is 24.8. The Morgan fingerprint density at radius 2 is 1.82 bits per heavy atom. The van der Waals surface area contributed by atoms with Crippen LogP contribution < -0.4 is 14.8 Å². The van der Waals surface area contributed by atoms with Crippen LogP contribution in [0.15, 0.2) is 78.0 Å². The molecule has 2 aromatic rings. The van der Waals surface area contributed by atoms with Gasteiger partial charge in [0.05, 0.1) is 25.3 Å². The molecule has 2 aromatic carbocycles. The molecule has 1 saturated carbocycles. The number of hydrogen-bond donors (Lipinski definition) is 3. The summed E-state index contributed by atoms with van der Waals surface area (Å²) in [5, 5.41) is 26.8. The predicted octanol–water partition coefficient (Wildman–Crippen LogP) is 5.94. The number of nitrogens with one attached hydrogen (secondary N) is 1. The number of ether oxygens (including phenoxy) is 4. The van der Waals surface area contributed by atoms with E-state index in [1.807, 2.05) is 36.4 Å². The van der Waals surface area contributed by atoms with Crippen molar-refractivity contribution in [2.75, 3.05) is 41.1 Å². The van der Waals surface area contributed by atoms with Gasteiger partial charge in [-0.2, -0.15) is 0 Å². The number of amides is 2. The summed E-state index contributed by atoms with van der Waals surface area (Å²) in [7, 11) is 4.49. The molecule has 5 rings (SSSR count). The molecule has 1 heterocycles. The summed E-state index contributed by atoms with van der Waals surface area (Å²) in [6, 6.07) is 14.3. The van der Waals surface area contributed by atoms with Gasteiger partial charge in [0.15, 0.2) is 0 Å². The number of unbranched alkanes of at least 4 members (excludes halogenated alkanes) is 2. The minimum absolute atomic E-state index is 0.0338. The molecule has 12 heteroatoms. The SMILES string of the molecule is C=CCOC12Oc3ccc(OC(=O)NCc4ccccc4)cc3C3C(CCCCO)C(CCCCO)C=C(C(=NOC)CC1N(C)C(=O)OC)C32. The van der Waals surface area contributed by atoms with Gasteiger partial charge in [-0.05, 0) is 66.9 Å². The Morgan fingerprint density at radius 3 is 2.51 bits per heavy atom. The van der Waals surface area contributed by atoms with Gasteiger partial charge in [0.25, 0.3) is 0 Å². The number of nitrogens with zero attached hydrogens (tertiary/aromatic N) is 2. The summed E-state index contributed by atoms with van der Waals surface area (Å²) < 4.78 is 24.8. The normalized spacial score (nSPS) is 25.4. The van der Waals surface area contributed by atoms with Gasteiger partial charge < -0.3 is 44.2 Å². The molecule has 12 nitrogen and oxygen atoms in total. The molecular weight excluding hydrogens is 654 g/mol. The topological polar surface area (TPSA) is 148 Å². The minimum Gasteiger partial charge on any atom is -0.459 e. The number of methoxy groups -OCH3 is 1. The number of hydrogen-bond acceptors (Lipinski definition) is 10. The lowest BCUT2D eigenvalue weighted by molar-refractivity contribution is -0.253. The Hall–Kier alpha value is -4.39. The average Bonchev–Trinajstić information content (AvgIpc) is 3.15. The van der Waals surface area contributed by atoms with E-state index in [-0.39, 0.29) is 44.0 Å². The number of allylic oxidation sites excluding steroid dienone is 1. The third-order valence-corrected chi connectivity index (χ3v) is 10.3. The highest BCUT2D eigenvalue weighted by Gasteiger charge is 2.65. The molecule has 2 amide bonds. The highest BCUT2D eigenvalue weighted by molar-refractivity contribution is 6.02. The van der Waals surface area contributed by atoms with Crippen LogP contribution in [0.4, 0.5) is 9.59 Å². The van der Waals surface area contributed by atoms with Crippen LogP contribution >= 0.6 is 0 Å². The highest BCUT2D eigenvalue weighted by atomic mass is 16.7. The molecule has 3 aliphatic rings. The van der Waals surface area contributed by atoms with Crippen LogP contribution in [0.2, 0.25) is 0 Å². The van der Waals surface area contributed by atoms with E-state index in [4.69, 9.17) is 23.8 Å². The van der Waals surface area contributed by atoms with E-state index in [9.17, 15) is 19.8 Å². The monoisotopic (exact) mass is 705 g/mol. The summed E-state index contributed by atoms with van der Waals surface area (Å²) in [5.41, 5.74) is 3.37. The van der Waals surface area contributed by atoms with E-state index in [1.54, 1.807) is 25.3 Å². The van der Waals surface area contributed by atoms with E-state index in [0.29, 0.717) is 36.6 Å². The first kappa shape index (κ1) is 37.9. The lowest BCUT2D eigenvalue weighted by Crippen LogP contribution is -2.69. The number of oxime groups is 1. The van der Waals surface area contributed by atoms with Crippen LogP contribution in [0.1, 0.15) is 62.0 Å². The molecule has 6 unspecified atom stereocenters. The van der Waals surface area contributed by atoms with Crippen LogP contribution in [-0.4, -0.2) is 85.9 Å². The number of aliphatic hydroxyl groups is 2. The quantitative estimate of drug-likeness (QED) is 0.110. The Balaban J connectivity index is 1.65. The number of benzene rings is 2. The zero-order chi connectivity index (χ0) is 36.4. The summed E-state index contributed by atoms with van der Waals surface area (Å²) in [5.74, 6) is -1.08. The van der Waals surface area contributed by atoms with Crippen LogP contribution in [0.25, 0.3) is 0 Å². The largest absolute Gasteiger partial charge is 0.459 e. The van der Waals surface area contributed by atoms with Gasteiger partial charge in [0.2, 0.25) is 5.79 Å². The third-order valence-electron chi connectivity index (χ3n) is 10.3. The van der Waals surface area contributed by atoms with E-state index in [2.05, 4.69) is 23.1 Å². The lowest BCUT2D eigenvalue weighted by atomic mass is 9.55. The van der Waals surface area contributed by atoms with Crippen molar-refractivity contribution in [3.05, 3.63) is 84.0 Å². The minimum atomic E-state index is -1.38. The van der Waals surface area contributed by atoms with Gasteiger partial charge >= 0.3 is 12.2 Å². The highest BCUT2D eigenvalue weighted by Crippen LogP contribution is 2.61. The van der Waals surface area contributed by atoms with Crippen molar-refractivity contribution >= 4 is 17.9 Å². The maximum Gasteiger partial charge on any atom is 0.412 e. The number of carbonyl (C=O) groups is 2. The van der Waals surface area contributed by atoms with Crippen molar-refractivity contribution in [1.82, 2.24) is 10.2 Å². The average molecular weight is 706 g/mol. The standard InChI is InChI=1S/C39H51N3O9/c1-5-21-49-39-34(42(2)38(46)47-3)24-32(41-48-4)30-22-27(15-9-11-19-43)29(16-10-12-20-44)35(36(30)39)31-23-28(17-18-33(31)51-39)50-37(45)40-25-26-13-7-6-8-14-26/h5-8,13-14,17-18,22-23,27,29,34-36,43-44H,1,9-12,15-16,19-21,24-25H2,2-4H3,(H,40,45). The molecule has 6 atom stereocenters. The second-order valence-electron chi connectivity index (χ2n) is 13.3. The van der Waals surface area contributed by atoms with E-state index < -0.39 is 29.9 Å². The van der Waals surface area contributed by atoms with Crippen LogP contribution in [0.5, 0.6) is 11.5 Å².